The molecule has 0 aromatic carbocycles. The first kappa shape index (κ1) is 9.16. The van der Waals surface area contributed by atoms with E-state index in [0.29, 0.717) is 0 Å². The van der Waals surface area contributed by atoms with Gasteiger partial charge in [-0.2, -0.15) is 0 Å². The number of halogens is 1. The Bertz CT molecular complexity index is 301. The van der Waals surface area contributed by atoms with Crippen LogP contribution in [0.2, 0.25) is 0 Å². The third-order valence-corrected chi connectivity index (χ3v) is 3.43. The summed E-state index contributed by atoms with van der Waals surface area (Å²) in [7, 11) is 0. The van der Waals surface area contributed by atoms with Crippen LogP contribution in [0.4, 0.5) is 0 Å². The van der Waals surface area contributed by atoms with E-state index in [1.807, 2.05) is 12.3 Å². The van der Waals surface area contributed by atoms with E-state index in [4.69, 9.17) is 5.73 Å². The number of nitrogens with zero attached hydrogens (tertiary/aromatic N) is 1. The van der Waals surface area contributed by atoms with Crippen LogP contribution in [-0.4, -0.2) is 11.0 Å². The van der Waals surface area contributed by atoms with Gasteiger partial charge in [0.05, 0.1) is 0 Å². The highest BCUT2D eigenvalue weighted by atomic mass is 79.9. The molecule has 0 saturated heterocycles. The standard InChI is InChI=1S/C10H13BrN2/c1-7(12)10(4-5-10)8-2-3-9(11)13-6-8/h2-3,6-7H,4-5,12H2,1H3. The average molecular weight is 241 g/mol. The number of nitrogens with two attached hydrogens (primary N) is 1. The van der Waals surface area contributed by atoms with Crippen LogP contribution in [0.25, 0.3) is 0 Å². The molecule has 1 fully saturated rings. The average Bonchev–Trinajstić information content (AvgIpc) is 2.86. The maximum atomic E-state index is 5.96. The van der Waals surface area contributed by atoms with Crippen LogP contribution in [0.15, 0.2) is 22.9 Å². The van der Waals surface area contributed by atoms with E-state index in [-0.39, 0.29) is 11.5 Å². The minimum absolute atomic E-state index is 0.230. The molecule has 1 atom stereocenters. The molecule has 1 aromatic heterocycles. The lowest BCUT2D eigenvalue weighted by Crippen LogP contribution is -2.31. The molecule has 0 aliphatic heterocycles. The number of pyridine rings is 1. The summed E-state index contributed by atoms with van der Waals surface area (Å²) in [5, 5.41) is 0. The van der Waals surface area contributed by atoms with Gasteiger partial charge in [0.15, 0.2) is 0 Å². The maximum Gasteiger partial charge on any atom is 0.106 e. The van der Waals surface area contributed by atoms with Crippen molar-refractivity contribution in [2.24, 2.45) is 5.73 Å². The summed E-state index contributed by atoms with van der Waals surface area (Å²) < 4.78 is 0.886. The number of hydrogen-bond acceptors (Lipinski definition) is 2. The topological polar surface area (TPSA) is 38.9 Å². The molecule has 0 radical (unpaired) electrons. The summed E-state index contributed by atoms with van der Waals surface area (Å²) in [6.07, 6.45) is 4.34. The van der Waals surface area contributed by atoms with Crippen molar-refractivity contribution in [3.05, 3.63) is 28.5 Å². The Kier molecular flexibility index (Phi) is 2.16. The highest BCUT2D eigenvalue weighted by molar-refractivity contribution is 9.10. The second kappa shape index (κ2) is 3.07. The minimum atomic E-state index is 0.230. The van der Waals surface area contributed by atoms with Crippen molar-refractivity contribution < 1.29 is 0 Å². The van der Waals surface area contributed by atoms with Crippen molar-refractivity contribution in [1.29, 1.82) is 0 Å². The van der Waals surface area contributed by atoms with Crippen molar-refractivity contribution in [3.8, 4) is 0 Å². The predicted octanol–water partition coefficient (Wildman–Crippen LogP) is 2.22. The Balaban J connectivity index is 2.31. The first-order chi connectivity index (χ1) is 6.15. The molecular formula is C10H13BrN2. The summed E-state index contributed by atoms with van der Waals surface area (Å²) in [5.41, 5.74) is 7.48. The molecular weight excluding hydrogens is 228 g/mol. The van der Waals surface area contributed by atoms with Crippen LogP contribution >= 0.6 is 15.9 Å². The molecule has 0 amide bonds. The normalized spacial score (nSPS) is 21.2. The summed E-state index contributed by atoms with van der Waals surface area (Å²) in [5.74, 6) is 0. The van der Waals surface area contributed by atoms with Gasteiger partial charge in [0.2, 0.25) is 0 Å². The zero-order valence-corrected chi connectivity index (χ0v) is 9.21. The lowest BCUT2D eigenvalue weighted by molar-refractivity contribution is 0.554. The molecule has 1 unspecified atom stereocenters. The Morgan fingerprint density at radius 3 is 2.62 bits per heavy atom. The molecule has 1 aliphatic rings. The highest BCUT2D eigenvalue weighted by Gasteiger charge is 2.47. The van der Waals surface area contributed by atoms with Crippen LogP contribution in [0.3, 0.4) is 0 Å². The third kappa shape index (κ3) is 1.51. The lowest BCUT2D eigenvalue weighted by Gasteiger charge is -2.19. The molecule has 1 saturated carbocycles. The first-order valence-corrected chi connectivity index (χ1v) is 5.32. The van der Waals surface area contributed by atoms with Gasteiger partial charge in [-0.3, -0.25) is 0 Å². The van der Waals surface area contributed by atoms with Gasteiger partial charge in [-0.15, -0.1) is 0 Å². The zero-order chi connectivity index (χ0) is 9.47. The number of rotatable bonds is 2. The van der Waals surface area contributed by atoms with Gasteiger partial charge in [-0.25, -0.2) is 4.98 Å². The largest absolute Gasteiger partial charge is 0.327 e. The van der Waals surface area contributed by atoms with Gasteiger partial charge in [0, 0.05) is 17.7 Å². The maximum absolute atomic E-state index is 5.96. The Hall–Kier alpha value is -0.410. The van der Waals surface area contributed by atoms with Crippen molar-refractivity contribution in [2.45, 2.75) is 31.2 Å². The zero-order valence-electron chi connectivity index (χ0n) is 7.63. The second-order valence-electron chi connectivity index (χ2n) is 3.81. The third-order valence-electron chi connectivity index (χ3n) is 2.96. The van der Waals surface area contributed by atoms with Crippen LogP contribution in [-0.2, 0) is 5.41 Å². The predicted molar refractivity (Wildman–Crippen MR) is 56.5 cm³/mol. The molecule has 1 aliphatic carbocycles. The van der Waals surface area contributed by atoms with Crippen LogP contribution in [0.5, 0.6) is 0 Å². The monoisotopic (exact) mass is 240 g/mol. The molecule has 3 heteroatoms. The summed E-state index contributed by atoms with van der Waals surface area (Å²) in [6.45, 7) is 2.08. The second-order valence-corrected chi connectivity index (χ2v) is 4.63. The number of aromatic nitrogens is 1. The fourth-order valence-electron chi connectivity index (χ4n) is 1.81. The molecule has 13 heavy (non-hydrogen) atoms. The van der Waals surface area contributed by atoms with Crippen molar-refractivity contribution in [1.82, 2.24) is 4.98 Å². The summed E-state index contributed by atoms with van der Waals surface area (Å²) >= 11 is 3.33. The van der Waals surface area contributed by atoms with E-state index in [2.05, 4.69) is 33.9 Å². The molecule has 0 bridgehead atoms. The van der Waals surface area contributed by atoms with Gasteiger partial charge in [0.25, 0.3) is 0 Å². The van der Waals surface area contributed by atoms with Gasteiger partial charge in [0.1, 0.15) is 4.60 Å². The van der Waals surface area contributed by atoms with E-state index < -0.39 is 0 Å². The van der Waals surface area contributed by atoms with Crippen LogP contribution < -0.4 is 5.73 Å². The van der Waals surface area contributed by atoms with E-state index in [1.54, 1.807) is 0 Å². The SMILES string of the molecule is CC(N)C1(c2ccc(Br)nc2)CC1. The van der Waals surface area contributed by atoms with Crippen molar-refractivity contribution in [3.63, 3.8) is 0 Å². The number of hydrogen-bond donors (Lipinski definition) is 1. The smallest absolute Gasteiger partial charge is 0.106 e. The van der Waals surface area contributed by atoms with E-state index >= 15 is 0 Å². The molecule has 1 heterocycles. The molecule has 1 aromatic rings. The Labute approximate surface area is 86.7 Å². The quantitative estimate of drug-likeness (QED) is 0.806. The molecule has 2 rings (SSSR count). The van der Waals surface area contributed by atoms with E-state index in [1.165, 1.54) is 18.4 Å². The highest BCUT2D eigenvalue weighted by Crippen LogP contribution is 2.50. The van der Waals surface area contributed by atoms with Crippen molar-refractivity contribution in [2.75, 3.05) is 0 Å². The van der Waals surface area contributed by atoms with E-state index in [0.717, 1.165) is 4.60 Å². The van der Waals surface area contributed by atoms with Gasteiger partial charge in [-0.1, -0.05) is 6.07 Å². The van der Waals surface area contributed by atoms with Crippen LogP contribution in [0, 0.1) is 0 Å². The Morgan fingerprint density at radius 1 is 1.54 bits per heavy atom. The fourth-order valence-corrected chi connectivity index (χ4v) is 2.05. The molecule has 2 nitrogen and oxygen atoms in total. The summed E-state index contributed by atoms with van der Waals surface area (Å²) in [6, 6.07) is 4.33. The van der Waals surface area contributed by atoms with E-state index in [9.17, 15) is 0 Å². The molecule has 70 valence electrons. The fraction of sp³-hybridized carbons (Fsp3) is 0.500. The molecule has 0 spiro atoms. The van der Waals surface area contributed by atoms with Gasteiger partial charge >= 0.3 is 0 Å². The Morgan fingerprint density at radius 2 is 2.23 bits per heavy atom. The lowest BCUT2D eigenvalue weighted by atomic mass is 9.91. The van der Waals surface area contributed by atoms with Gasteiger partial charge < -0.3 is 5.73 Å². The minimum Gasteiger partial charge on any atom is -0.327 e. The van der Waals surface area contributed by atoms with Crippen molar-refractivity contribution >= 4 is 15.9 Å². The van der Waals surface area contributed by atoms with Gasteiger partial charge in [-0.05, 0) is 47.3 Å². The summed E-state index contributed by atoms with van der Waals surface area (Å²) in [4.78, 5) is 4.23. The molecule has 2 N–H and O–H groups in total. The first-order valence-electron chi connectivity index (χ1n) is 4.53. The van der Waals surface area contributed by atoms with Crippen LogP contribution in [0.1, 0.15) is 25.3 Å².